The molecule has 1 aliphatic heterocycles. The molecule has 0 radical (unpaired) electrons. The Morgan fingerprint density at radius 3 is 2.74 bits per heavy atom. The van der Waals surface area contributed by atoms with Crippen LogP contribution in [0.25, 0.3) is 0 Å². The normalized spacial score (nSPS) is 18.1. The van der Waals surface area contributed by atoms with Gasteiger partial charge in [0.05, 0.1) is 4.92 Å². The minimum Gasteiger partial charge on any atom is -0.385 e. The summed E-state index contributed by atoms with van der Waals surface area (Å²) in [5.74, 6) is 1.67. The monoisotopic (exact) mass is 323 g/mol. The maximum atomic E-state index is 12.4. The summed E-state index contributed by atoms with van der Waals surface area (Å²) in [5.41, 5.74) is 5.15. The van der Waals surface area contributed by atoms with Gasteiger partial charge in [-0.2, -0.15) is 16.1 Å². The number of nitrogens with two attached hydrogens (primary N) is 1. The Balaban J connectivity index is 2.33. The average Bonchev–Trinajstić information content (AvgIpc) is 2.58. The van der Waals surface area contributed by atoms with Gasteiger partial charge < -0.3 is 5.73 Å². The first-order valence-corrected chi connectivity index (χ1v) is 8.95. The number of rotatable bonds is 3. The summed E-state index contributed by atoms with van der Waals surface area (Å²) in [6.45, 7) is 0.875. The highest BCUT2D eigenvalue weighted by Gasteiger charge is 2.30. The largest absolute Gasteiger partial charge is 0.385 e. The molecule has 0 spiro atoms. The van der Waals surface area contributed by atoms with E-state index in [0.29, 0.717) is 13.1 Å². The highest BCUT2D eigenvalue weighted by atomic mass is 32.2. The van der Waals surface area contributed by atoms with Crippen LogP contribution in [0.4, 0.5) is 10.7 Å². The predicted molar refractivity (Wildman–Crippen MR) is 76.1 cm³/mol. The van der Waals surface area contributed by atoms with Crippen molar-refractivity contribution in [3.8, 4) is 0 Å². The smallest absolute Gasteiger partial charge is 0.304 e. The molecule has 1 aromatic rings. The molecule has 1 saturated heterocycles. The van der Waals surface area contributed by atoms with Crippen LogP contribution in [-0.2, 0) is 10.0 Å². The summed E-state index contributed by atoms with van der Waals surface area (Å²) < 4.78 is 26.1. The van der Waals surface area contributed by atoms with Crippen molar-refractivity contribution in [1.82, 2.24) is 4.31 Å². The lowest BCUT2D eigenvalue weighted by molar-refractivity contribution is -0.383. The third kappa shape index (κ3) is 3.02. The van der Waals surface area contributed by atoms with Crippen LogP contribution in [0, 0.1) is 10.1 Å². The summed E-state index contributed by atoms with van der Waals surface area (Å²) in [5, 5.41) is 10.6. The van der Waals surface area contributed by atoms with Gasteiger partial charge in [0.2, 0.25) is 0 Å². The highest BCUT2D eigenvalue weighted by Crippen LogP contribution is 2.36. The van der Waals surface area contributed by atoms with Crippen molar-refractivity contribution in [3.05, 3.63) is 16.2 Å². The number of nitrogen functional groups attached to an aromatic ring is 1. The van der Waals surface area contributed by atoms with E-state index in [4.69, 9.17) is 5.73 Å². The molecule has 0 aliphatic carbocycles. The van der Waals surface area contributed by atoms with E-state index in [9.17, 15) is 18.5 Å². The molecule has 106 valence electrons. The van der Waals surface area contributed by atoms with Gasteiger partial charge in [-0.05, 0) is 12.2 Å². The van der Waals surface area contributed by atoms with E-state index in [1.54, 1.807) is 11.8 Å². The summed E-state index contributed by atoms with van der Waals surface area (Å²) in [4.78, 5) is 10.1. The second-order valence-corrected chi connectivity index (χ2v) is 8.42. The molecule has 0 aromatic carbocycles. The third-order valence-electron chi connectivity index (χ3n) is 2.69. The Bertz CT molecular complexity index is 576. The van der Waals surface area contributed by atoms with E-state index in [2.05, 4.69) is 0 Å². The lowest BCUT2D eigenvalue weighted by atomic mass is 10.5. The first kappa shape index (κ1) is 14.6. The minimum atomic E-state index is -3.67. The van der Waals surface area contributed by atoms with Crippen LogP contribution in [0.3, 0.4) is 0 Å². The van der Waals surface area contributed by atoms with Crippen molar-refractivity contribution >= 4 is 43.8 Å². The second-order valence-electron chi connectivity index (χ2n) is 3.94. The van der Waals surface area contributed by atoms with Gasteiger partial charge in [0.25, 0.3) is 10.0 Å². The van der Waals surface area contributed by atoms with Crippen molar-refractivity contribution in [2.24, 2.45) is 0 Å². The zero-order valence-electron chi connectivity index (χ0n) is 9.94. The molecule has 0 bridgehead atoms. The van der Waals surface area contributed by atoms with Gasteiger partial charge in [-0.25, -0.2) is 8.42 Å². The van der Waals surface area contributed by atoms with E-state index in [1.165, 1.54) is 4.31 Å². The molecule has 19 heavy (non-hydrogen) atoms. The fourth-order valence-corrected chi connectivity index (χ4v) is 5.58. The van der Waals surface area contributed by atoms with Crippen molar-refractivity contribution in [2.45, 2.75) is 10.6 Å². The van der Waals surface area contributed by atoms with E-state index in [0.717, 1.165) is 35.3 Å². The molecule has 1 aromatic heterocycles. The van der Waals surface area contributed by atoms with Crippen molar-refractivity contribution in [3.63, 3.8) is 0 Å². The molecule has 0 amide bonds. The molecule has 0 atom stereocenters. The van der Waals surface area contributed by atoms with E-state index in [1.807, 2.05) is 0 Å². The fraction of sp³-hybridized carbons (Fsp3) is 0.556. The van der Waals surface area contributed by atoms with E-state index >= 15 is 0 Å². The maximum Gasteiger partial charge on any atom is 0.304 e. The summed E-state index contributed by atoms with van der Waals surface area (Å²) in [7, 11) is -3.67. The Kier molecular flexibility index (Phi) is 4.33. The summed E-state index contributed by atoms with van der Waals surface area (Å²) in [6, 6.07) is 1.05. The summed E-state index contributed by atoms with van der Waals surface area (Å²) in [6.07, 6.45) is 0.785. The Labute approximate surface area is 119 Å². The van der Waals surface area contributed by atoms with Crippen LogP contribution in [0.1, 0.15) is 6.42 Å². The number of hydrogen-bond donors (Lipinski definition) is 1. The van der Waals surface area contributed by atoms with Crippen molar-refractivity contribution in [1.29, 1.82) is 0 Å². The SMILES string of the molecule is Nc1sc(S(=O)(=O)N2CCCSCC2)cc1[N+](=O)[O-]. The van der Waals surface area contributed by atoms with Gasteiger partial charge in [0.1, 0.15) is 4.21 Å². The molecule has 1 aliphatic rings. The van der Waals surface area contributed by atoms with Gasteiger partial charge in [-0.15, -0.1) is 0 Å². The molecule has 2 heterocycles. The lowest BCUT2D eigenvalue weighted by Gasteiger charge is -2.17. The maximum absolute atomic E-state index is 12.4. The van der Waals surface area contributed by atoms with Gasteiger partial charge >= 0.3 is 5.69 Å². The molecule has 10 heteroatoms. The Hall–Kier alpha value is -0.840. The number of anilines is 1. The zero-order valence-corrected chi connectivity index (χ0v) is 12.4. The first-order chi connectivity index (χ1) is 8.93. The molecular formula is C9H13N3O4S3. The minimum absolute atomic E-state index is 0.0522. The Morgan fingerprint density at radius 2 is 2.11 bits per heavy atom. The molecule has 2 rings (SSSR count). The summed E-state index contributed by atoms with van der Waals surface area (Å²) >= 11 is 2.46. The molecular weight excluding hydrogens is 310 g/mol. The molecule has 0 saturated carbocycles. The molecule has 7 nitrogen and oxygen atoms in total. The number of sulfonamides is 1. The van der Waals surface area contributed by atoms with Crippen molar-refractivity contribution < 1.29 is 13.3 Å². The fourth-order valence-electron chi connectivity index (χ4n) is 1.73. The van der Waals surface area contributed by atoms with Gasteiger partial charge in [0.15, 0.2) is 5.00 Å². The van der Waals surface area contributed by atoms with Crippen LogP contribution in [0.15, 0.2) is 10.3 Å². The average molecular weight is 323 g/mol. The Morgan fingerprint density at radius 1 is 1.37 bits per heavy atom. The van der Waals surface area contributed by atoms with Gasteiger partial charge in [-0.3, -0.25) is 10.1 Å². The highest BCUT2D eigenvalue weighted by molar-refractivity contribution is 7.99. The number of thioether (sulfide) groups is 1. The molecule has 1 fully saturated rings. The standard InChI is InChI=1S/C9H13N3O4S3/c10-9-7(12(13)14)6-8(18-9)19(15,16)11-2-1-4-17-5-3-11/h6H,1-5,10H2. The number of nitrogens with zero attached hydrogens (tertiary/aromatic N) is 2. The van der Waals surface area contributed by atoms with Gasteiger partial charge in [0, 0.05) is 24.9 Å². The number of thiophene rings is 1. The zero-order chi connectivity index (χ0) is 14.0. The van der Waals surface area contributed by atoms with E-state index < -0.39 is 14.9 Å². The molecule has 0 unspecified atom stereocenters. The lowest BCUT2D eigenvalue weighted by Crippen LogP contribution is -2.32. The van der Waals surface area contributed by atoms with Gasteiger partial charge in [-0.1, -0.05) is 11.3 Å². The molecule has 2 N–H and O–H groups in total. The van der Waals surface area contributed by atoms with Crippen LogP contribution < -0.4 is 5.73 Å². The van der Waals surface area contributed by atoms with Crippen LogP contribution >= 0.6 is 23.1 Å². The van der Waals surface area contributed by atoms with Crippen LogP contribution in [0.2, 0.25) is 0 Å². The van der Waals surface area contributed by atoms with Crippen LogP contribution in [-0.4, -0.2) is 42.2 Å². The predicted octanol–water partition coefficient (Wildman–Crippen LogP) is 1.37. The van der Waals surface area contributed by atoms with Crippen LogP contribution in [0.5, 0.6) is 0 Å². The quantitative estimate of drug-likeness (QED) is 0.665. The first-order valence-electron chi connectivity index (χ1n) is 5.54. The third-order valence-corrected chi connectivity index (χ3v) is 7.04. The van der Waals surface area contributed by atoms with E-state index in [-0.39, 0.29) is 14.9 Å². The number of nitro groups is 1. The van der Waals surface area contributed by atoms with Crippen molar-refractivity contribution in [2.75, 3.05) is 30.3 Å². The topological polar surface area (TPSA) is 107 Å². The second kappa shape index (κ2) is 5.65. The number of hydrogen-bond acceptors (Lipinski definition) is 7.